The van der Waals surface area contributed by atoms with Crippen molar-refractivity contribution in [3.8, 4) is 5.75 Å². The Balaban J connectivity index is 1.32. The number of aliphatic hydroxyl groups excluding tert-OH is 2. The Morgan fingerprint density at radius 2 is 1.57 bits per heavy atom. The number of hydrogen-bond donors (Lipinski definition) is 3. The number of methoxy groups -OCH3 is 3. The van der Waals surface area contributed by atoms with Crippen molar-refractivity contribution >= 4 is 34.2 Å². The molecule has 3 fully saturated rings. The van der Waals surface area contributed by atoms with Crippen LogP contribution in [-0.2, 0) is 39.9 Å². The third-order valence-electron chi connectivity index (χ3n) is 16.7. The van der Waals surface area contributed by atoms with E-state index in [0.717, 1.165) is 35.1 Å². The largest absolute Gasteiger partial charge is 0.488 e. The standard InChI is InChI=1S/C57H82N2O11/c1-11-15-41-26-35(4)54(63)36(5)27-51(67-8)44-33-57(66,37(6)28-52(44)68-9)55(64)56(65)59-23-14-13-16-46(59)49(62)31-43(38(7)47(60)32-48(41)61)34(3)25-39-17-20-50(53(29-39)69-10)70-42-18-19-45-40(30-42)21-24-58(45)22-12-2/h11-12,18-19,21,24-26,30,36-39,41,43-44,46-47,50-54,60,63,66H,1-2,13-17,20,22-23,27-29,31-33H2,3-10H3/b34-25?,35-26+. The number of carbonyl (C=O) groups is 4. The van der Waals surface area contributed by atoms with Crippen LogP contribution in [0.4, 0.5) is 0 Å². The first-order chi connectivity index (χ1) is 33.4. The molecule has 15 unspecified atom stereocenters. The van der Waals surface area contributed by atoms with E-state index in [1.807, 2.05) is 39.1 Å². The summed E-state index contributed by atoms with van der Waals surface area (Å²) in [4.78, 5) is 59.6. The highest BCUT2D eigenvalue weighted by Crippen LogP contribution is 2.44. The van der Waals surface area contributed by atoms with Crippen LogP contribution in [0.25, 0.3) is 10.9 Å². The Morgan fingerprint density at radius 3 is 2.26 bits per heavy atom. The number of hydrogen-bond acceptors (Lipinski definition) is 11. The second-order valence-corrected chi connectivity index (χ2v) is 21.3. The number of ketones is 3. The fourth-order valence-corrected chi connectivity index (χ4v) is 12.3. The number of carbonyl (C=O) groups excluding carboxylic acids is 4. The fourth-order valence-electron chi connectivity index (χ4n) is 12.3. The number of allylic oxidation sites excluding steroid dienone is 5. The van der Waals surface area contributed by atoms with Crippen LogP contribution >= 0.6 is 0 Å². The van der Waals surface area contributed by atoms with E-state index in [1.165, 1.54) is 4.90 Å². The van der Waals surface area contributed by atoms with Gasteiger partial charge in [0.15, 0.2) is 5.78 Å². The minimum Gasteiger partial charge on any atom is -0.488 e. The topological polar surface area (TPSA) is 174 Å². The minimum absolute atomic E-state index is 0.0342. The van der Waals surface area contributed by atoms with Crippen molar-refractivity contribution in [1.29, 1.82) is 0 Å². The molecule has 2 aromatic rings. The third-order valence-corrected chi connectivity index (χ3v) is 16.7. The lowest BCUT2D eigenvalue weighted by atomic mass is 9.65. The quantitative estimate of drug-likeness (QED) is 0.147. The first-order valence-electron chi connectivity index (χ1n) is 25.8. The Hall–Kier alpha value is -4.24. The molecule has 0 radical (unpaired) electrons. The molecule has 2 saturated carbocycles. The molecule has 2 aliphatic carbocycles. The van der Waals surface area contributed by atoms with E-state index in [-0.39, 0.29) is 67.8 Å². The first-order valence-corrected chi connectivity index (χ1v) is 25.8. The van der Waals surface area contributed by atoms with Gasteiger partial charge in [-0.3, -0.25) is 19.2 Å². The van der Waals surface area contributed by atoms with Crippen LogP contribution in [0.3, 0.4) is 0 Å². The van der Waals surface area contributed by atoms with E-state index in [2.05, 4.69) is 42.0 Å². The summed E-state index contributed by atoms with van der Waals surface area (Å²) in [5, 5.41) is 37.2. The maximum atomic E-state index is 14.9. The van der Waals surface area contributed by atoms with Gasteiger partial charge in [0, 0.05) is 76.2 Å². The van der Waals surface area contributed by atoms with Crippen molar-refractivity contribution in [3.63, 3.8) is 0 Å². The number of benzene rings is 1. The summed E-state index contributed by atoms with van der Waals surface area (Å²) in [6.45, 7) is 17.9. The lowest BCUT2D eigenvalue weighted by Crippen LogP contribution is -2.61. The number of aromatic nitrogens is 1. The van der Waals surface area contributed by atoms with Crippen molar-refractivity contribution in [1.82, 2.24) is 9.47 Å². The predicted molar refractivity (Wildman–Crippen MR) is 271 cm³/mol. The van der Waals surface area contributed by atoms with Crippen LogP contribution in [0.1, 0.15) is 112 Å². The molecule has 13 nitrogen and oxygen atoms in total. The SMILES string of the molecule is C=CCC1/C=C(\C)C(O)C(C)CC(OC)C2CC(O)(C(=O)C(=O)N3CCCCC3C(=O)CC(C(C)=CC3CCC(Oc4ccc5c(ccn5CC=C)c4)C(OC)C3)C(C)C(O)CC1=O)C(C)CC2OC. The van der Waals surface area contributed by atoms with Gasteiger partial charge >= 0.3 is 0 Å². The van der Waals surface area contributed by atoms with Crippen LogP contribution in [0.2, 0.25) is 0 Å². The summed E-state index contributed by atoms with van der Waals surface area (Å²) in [6, 6.07) is 7.26. The molecule has 4 aliphatic rings. The molecule has 15 atom stereocenters. The third kappa shape index (κ3) is 12.3. The van der Waals surface area contributed by atoms with Crippen molar-refractivity contribution < 1.29 is 53.4 Å². The van der Waals surface area contributed by atoms with Crippen molar-refractivity contribution in [2.75, 3.05) is 27.9 Å². The average molecular weight is 971 g/mol. The van der Waals surface area contributed by atoms with Crippen LogP contribution in [0.5, 0.6) is 5.75 Å². The van der Waals surface area contributed by atoms with Gasteiger partial charge in [0.05, 0.1) is 36.6 Å². The molecule has 1 saturated heterocycles. The summed E-state index contributed by atoms with van der Waals surface area (Å²) in [7, 11) is 4.83. The van der Waals surface area contributed by atoms with Gasteiger partial charge in [-0.15, -0.1) is 13.2 Å². The molecule has 2 bridgehead atoms. The number of rotatable bonds is 11. The fraction of sp³-hybridized carbons (Fsp3) is 0.649. The Morgan fingerprint density at radius 1 is 0.857 bits per heavy atom. The molecular weight excluding hydrogens is 889 g/mol. The molecule has 386 valence electrons. The second kappa shape index (κ2) is 24.5. The number of Topliss-reactive ketones (excluding diaryl/α,β-unsaturated/α-hetero) is 3. The van der Waals surface area contributed by atoms with Gasteiger partial charge in [-0.05, 0) is 137 Å². The summed E-state index contributed by atoms with van der Waals surface area (Å²) < 4.78 is 26.8. The minimum atomic E-state index is -2.05. The van der Waals surface area contributed by atoms with E-state index in [9.17, 15) is 34.5 Å². The van der Waals surface area contributed by atoms with E-state index in [1.54, 1.807) is 47.3 Å². The lowest BCUT2D eigenvalue weighted by Gasteiger charge is -2.47. The molecule has 1 amide bonds. The monoisotopic (exact) mass is 971 g/mol. The summed E-state index contributed by atoms with van der Waals surface area (Å²) in [5.41, 5.74) is 0.520. The normalized spacial score (nSPS) is 36.7. The maximum Gasteiger partial charge on any atom is 0.293 e. The number of fused-ring (bicyclic) bond motifs is 4. The van der Waals surface area contributed by atoms with Gasteiger partial charge in [-0.25, -0.2) is 0 Å². The van der Waals surface area contributed by atoms with Gasteiger partial charge in [0.1, 0.15) is 23.2 Å². The van der Waals surface area contributed by atoms with Gasteiger partial charge in [0.2, 0.25) is 0 Å². The summed E-state index contributed by atoms with van der Waals surface area (Å²) >= 11 is 0. The van der Waals surface area contributed by atoms with Crippen LogP contribution in [0, 0.1) is 41.4 Å². The molecule has 13 heteroatoms. The summed E-state index contributed by atoms with van der Waals surface area (Å²) in [5.74, 6) is -4.69. The van der Waals surface area contributed by atoms with Crippen molar-refractivity contribution in [3.05, 3.63) is 79.1 Å². The molecule has 3 heterocycles. The van der Waals surface area contributed by atoms with E-state index in [0.29, 0.717) is 50.6 Å². The van der Waals surface area contributed by atoms with Crippen LogP contribution in [0.15, 0.2) is 79.1 Å². The molecule has 0 spiro atoms. The number of piperidine rings is 1. The average Bonchev–Trinajstić information content (AvgIpc) is 3.75. The molecule has 2 aliphatic heterocycles. The highest BCUT2D eigenvalue weighted by Gasteiger charge is 2.55. The second-order valence-electron chi connectivity index (χ2n) is 21.3. The number of nitrogens with zero attached hydrogens (tertiary/aromatic N) is 2. The van der Waals surface area contributed by atoms with Crippen LogP contribution < -0.4 is 4.74 Å². The van der Waals surface area contributed by atoms with Crippen LogP contribution in [-0.4, -0.2) is 124 Å². The Kier molecular flexibility index (Phi) is 19.2. The van der Waals surface area contributed by atoms with Gasteiger partial charge in [0.25, 0.3) is 11.7 Å². The molecule has 1 aromatic carbocycles. The molecular formula is C57H82N2O11. The number of amides is 1. The predicted octanol–water partition coefficient (Wildman–Crippen LogP) is 8.16. The maximum absolute atomic E-state index is 14.9. The Labute approximate surface area is 416 Å². The zero-order chi connectivity index (χ0) is 51.0. The molecule has 70 heavy (non-hydrogen) atoms. The lowest BCUT2D eigenvalue weighted by molar-refractivity contribution is -0.176. The van der Waals surface area contributed by atoms with Crippen molar-refractivity contribution in [2.24, 2.45) is 41.4 Å². The molecule has 3 N–H and O–H groups in total. The highest BCUT2D eigenvalue weighted by molar-refractivity contribution is 6.39. The molecule has 6 rings (SSSR count). The van der Waals surface area contributed by atoms with Gasteiger partial charge in [-0.2, -0.15) is 0 Å². The zero-order valence-corrected chi connectivity index (χ0v) is 43.1. The number of aliphatic hydroxyl groups is 3. The van der Waals surface area contributed by atoms with E-state index >= 15 is 0 Å². The smallest absolute Gasteiger partial charge is 0.293 e. The number of ether oxygens (including phenoxy) is 4. The first kappa shape index (κ1) is 55.1. The molecule has 1 aromatic heterocycles. The Bertz CT molecular complexity index is 2230. The zero-order valence-electron chi connectivity index (χ0n) is 43.1. The van der Waals surface area contributed by atoms with E-state index in [4.69, 9.17) is 18.9 Å². The van der Waals surface area contributed by atoms with Crippen molar-refractivity contribution in [2.45, 2.75) is 166 Å². The van der Waals surface area contributed by atoms with Gasteiger partial charge < -0.3 is 43.7 Å². The van der Waals surface area contributed by atoms with E-state index < -0.39 is 77.3 Å². The highest BCUT2D eigenvalue weighted by atomic mass is 16.5. The summed E-state index contributed by atoms with van der Waals surface area (Å²) in [6.07, 6.45) is 10.5. The van der Waals surface area contributed by atoms with Gasteiger partial charge in [-0.1, -0.05) is 50.6 Å².